The predicted molar refractivity (Wildman–Crippen MR) is 160 cm³/mol. The minimum atomic E-state index is -0.419. The number of carbonyl (C=O) groups is 2. The Hall–Kier alpha value is -4.43. The Morgan fingerprint density at radius 3 is 2.45 bits per heavy atom. The molecular formula is C32H36N4O4. The maximum absolute atomic E-state index is 12.9. The number of H-pyrrole nitrogens is 1. The number of pyridine rings is 1. The Morgan fingerprint density at radius 2 is 1.80 bits per heavy atom. The molecule has 40 heavy (non-hydrogen) atoms. The van der Waals surface area contributed by atoms with Crippen molar-refractivity contribution >= 4 is 28.6 Å². The molecule has 2 heterocycles. The molecular weight excluding hydrogens is 504 g/mol. The van der Waals surface area contributed by atoms with Crippen molar-refractivity contribution in [3.8, 4) is 28.1 Å². The molecule has 0 radical (unpaired) electrons. The van der Waals surface area contributed by atoms with Crippen LogP contribution in [0.1, 0.15) is 35.3 Å². The first-order valence-electron chi connectivity index (χ1n) is 13.2. The fraction of sp³-hybridized carbons (Fsp3) is 0.281. The summed E-state index contributed by atoms with van der Waals surface area (Å²) in [6, 6.07) is 13.8. The van der Waals surface area contributed by atoms with Crippen LogP contribution in [-0.4, -0.2) is 60.1 Å². The number of likely N-dealkylation sites (N-methyl/N-ethyl adjacent to an activating group) is 1. The first kappa shape index (κ1) is 28.6. The molecule has 0 atom stereocenters. The van der Waals surface area contributed by atoms with Crippen molar-refractivity contribution < 1.29 is 19.1 Å². The van der Waals surface area contributed by atoms with Gasteiger partial charge in [-0.05, 0) is 100 Å². The van der Waals surface area contributed by atoms with Gasteiger partial charge in [-0.25, -0.2) is 9.78 Å². The van der Waals surface area contributed by atoms with Crippen LogP contribution in [0.15, 0.2) is 61.3 Å². The number of amides is 1. The second-order valence-electron chi connectivity index (χ2n) is 10.2. The molecule has 8 heteroatoms. The molecule has 0 aliphatic rings. The fourth-order valence-corrected chi connectivity index (χ4v) is 4.46. The van der Waals surface area contributed by atoms with Crippen LogP contribution >= 0.6 is 0 Å². The summed E-state index contributed by atoms with van der Waals surface area (Å²) in [5.74, 6) is 0.0690. The normalized spacial score (nSPS) is 11.2. The first-order valence-corrected chi connectivity index (χ1v) is 13.2. The highest BCUT2D eigenvalue weighted by atomic mass is 16.5. The lowest BCUT2D eigenvalue weighted by Gasteiger charge is -2.14. The average molecular weight is 541 g/mol. The summed E-state index contributed by atoms with van der Waals surface area (Å²) in [5, 5.41) is 3.70. The van der Waals surface area contributed by atoms with Gasteiger partial charge >= 0.3 is 5.97 Å². The van der Waals surface area contributed by atoms with Crippen LogP contribution in [0.3, 0.4) is 0 Å². The fourth-order valence-electron chi connectivity index (χ4n) is 4.46. The molecule has 0 saturated heterocycles. The SMILES string of the molecule is C=CC(=O)Nc1cc(-c2c(-c3ccc(OCCN(C)C)cc3)[nH]c3ncc(C(=O)OC(C)C)c(C)c23)ccc1C. The van der Waals surface area contributed by atoms with Gasteiger partial charge in [0.2, 0.25) is 5.91 Å². The summed E-state index contributed by atoms with van der Waals surface area (Å²) in [5.41, 5.74) is 6.89. The predicted octanol–water partition coefficient (Wildman–Crippen LogP) is 6.14. The minimum Gasteiger partial charge on any atom is -0.492 e. The largest absolute Gasteiger partial charge is 0.492 e. The quantitative estimate of drug-likeness (QED) is 0.185. The molecule has 0 fully saturated rings. The van der Waals surface area contributed by atoms with E-state index in [1.807, 2.05) is 84.3 Å². The highest BCUT2D eigenvalue weighted by molar-refractivity contribution is 6.08. The van der Waals surface area contributed by atoms with Crippen LogP contribution in [0.4, 0.5) is 5.69 Å². The Bertz CT molecular complexity index is 1550. The van der Waals surface area contributed by atoms with Crippen molar-refractivity contribution in [3.63, 3.8) is 0 Å². The van der Waals surface area contributed by atoms with Gasteiger partial charge in [0.15, 0.2) is 0 Å². The number of aryl methyl sites for hydroxylation is 2. The number of esters is 1. The van der Waals surface area contributed by atoms with Crippen molar-refractivity contribution in [3.05, 3.63) is 78.0 Å². The smallest absolute Gasteiger partial charge is 0.340 e. The summed E-state index contributed by atoms with van der Waals surface area (Å²) >= 11 is 0. The number of aromatic amines is 1. The summed E-state index contributed by atoms with van der Waals surface area (Å²) in [4.78, 5) is 35.2. The summed E-state index contributed by atoms with van der Waals surface area (Å²) in [6.07, 6.45) is 2.54. The van der Waals surface area contributed by atoms with Gasteiger partial charge in [0, 0.05) is 29.4 Å². The van der Waals surface area contributed by atoms with E-state index < -0.39 is 5.97 Å². The van der Waals surface area contributed by atoms with Crippen LogP contribution < -0.4 is 10.1 Å². The van der Waals surface area contributed by atoms with Gasteiger partial charge < -0.3 is 24.7 Å². The number of benzene rings is 2. The molecule has 0 saturated carbocycles. The van der Waals surface area contributed by atoms with Gasteiger partial charge in [0.25, 0.3) is 0 Å². The number of nitrogens with one attached hydrogen (secondary N) is 2. The Kier molecular flexibility index (Phi) is 8.70. The van der Waals surface area contributed by atoms with Crippen LogP contribution in [0.5, 0.6) is 5.75 Å². The van der Waals surface area contributed by atoms with E-state index in [0.717, 1.165) is 51.2 Å². The van der Waals surface area contributed by atoms with E-state index in [1.165, 1.54) is 6.08 Å². The molecule has 2 N–H and O–H groups in total. The van der Waals surface area contributed by atoms with E-state index in [4.69, 9.17) is 9.47 Å². The minimum absolute atomic E-state index is 0.254. The van der Waals surface area contributed by atoms with Gasteiger partial charge in [-0.15, -0.1) is 0 Å². The van der Waals surface area contributed by atoms with E-state index in [1.54, 1.807) is 6.20 Å². The zero-order chi connectivity index (χ0) is 29.0. The second-order valence-corrected chi connectivity index (χ2v) is 10.2. The van der Waals surface area contributed by atoms with Gasteiger partial charge in [0.1, 0.15) is 18.0 Å². The number of carbonyl (C=O) groups excluding carboxylic acids is 2. The zero-order valence-electron chi connectivity index (χ0n) is 23.9. The van der Waals surface area contributed by atoms with E-state index in [-0.39, 0.29) is 12.0 Å². The first-order chi connectivity index (χ1) is 19.1. The molecule has 0 bridgehead atoms. The molecule has 4 rings (SSSR count). The Morgan fingerprint density at radius 1 is 1.10 bits per heavy atom. The Labute approximate surface area is 235 Å². The lowest BCUT2D eigenvalue weighted by atomic mass is 9.94. The molecule has 0 unspecified atom stereocenters. The molecule has 2 aromatic carbocycles. The lowest BCUT2D eigenvalue weighted by Crippen LogP contribution is -2.19. The number of fused-ring (bicyclic) bond motifs is 1. The van der Waals surface area contributed by atoms with E-state index in [9.17, 15) is 9.59 Å². The number of anilines is 1. The third kappa shape index (κ3) is 6.24. The Balaban J connectivity index is 1.88. The number of hydrogen-bond donors (Lipinski definition) is 2. The molecule has 8 nitrogen and oxygen atoms in total. The number of hydrogen-bond acceptors (Lipinski definition) is 6. The maximum Gasteiger partial charge on any atom is 0.340 e. The number of ether oxygens (including phenoxy) is 2. The topological polar surface area (TPSA) is 96.5 Å². The molecule has 0 aliphatic heterocycles. The summed E-state index contributed by atoms with van der Waals surface area (Å²) < 4.78 is 11.4. The van der Waals surface area contributed by atoms with Crippen LogP contribution in [0.2, 0.25) is 0 Å². The van der Waals surface area contributed by atoms with E-state index >= 15 is 0 Å². The molecule has 0 aliphatic carbocycles. The van der Waals surface area contributed by atoms with Crippen molar-refractivity contribution in [1.82, 2.24) is 14.9 Å². The van der Waals surface area contributed by atoms with Crippen LogP contribution in [-0.2, 0) is 9.53 Å². The molecule has 0 spiro atoms. The summed E-state index contributed by atoms with van der Waals surface area (Å²) in [7, 11) is 4.01. The molecule has 4 aromatic rings. The second kappa shape index (κ2) is 12.2. The molecule has 1 amide bonds. The highest BCUT2D eigenvalue weighted by Crippen LogP contribution is 2.41. The number of nitrogens with zero attached hydrogens (tertiary/aromatic N) is 2. The van der Waals surface area contributed by atoms with Gasteiger partial charge in [-0.2, -0.15) is 0 Å². The van der Waals surface area contributed by atoms with E-state index in [0.29, 0.717) is 23.5 Å². The lowest BCUT2D eigenvalue weighted by molar-refractivity contribution is -0.111. The van der Waals surface area contributed by atoms with Gasteiger partial charge in [-0.1, -0.05) is 18.7 Å². The van der Waals surface area contributed by atoms with Gasteiger partial charge in [-0.3, -0.25) is 4.79 Å². The summed E-state index contributed by atoms with van der Waals surface area (Å²) in [6.45, 7) is 12.4. The average Bonchev–Trinajstić information content (AvgIpc) is 3.30. The van der Waals surface area contributed by atoms with E-state index in [2.05, 4.69) is 26.8 Å². The third-order valence-corrected chi connectivity index (χ3v) is 6.56. The monoisotopic (exact) mass is 540 g/mol. The molecule has 208 valence electrons. The number of rotatable bonds is 10. The van der Waals surface area contributed by atoms with Crippen molar-refractivity contribution in [2.24, 2.45) is 0 Å². The third-order valence-electron chi connectivity index (χ3n) is 6.56. The number of aromatic nitrogens is 2. The molecule has 2 aromatic heterocycles. The van der Waals surface area contributed by atoms with Crippen LogP contribution in [0, 0.1) is 13.8 Å². The van der Waals surface area contributed by atoms with Crippen molar-refractivity contribution in [2.75, 3.05) is 32.6 Å². The van der Waals surface area contributed by atoms with Crippen molar-refractivity contribution in [2.45, 2.75) is 33.8 Å². The van der Waals surface area contributed by atoms with Crippen molar-refractivity contribution in [1.29, 1.82) is 0 Å². The van der Waals surface area contributed by atoms with Gasteiger partial charge in [0.05, 0.1) is 17.4 Å². The highest BCUT2D eigenvalue weighted by Gasteiger charge is 2.23. The zero-order valence-corrected chi connectivity index (χ0v) is 23.9. The van der Waals surface area contributed by atoms with Crippen LogP contribution in [0.25, 0.3) is 33.4 Å². The standard InChI is InChI=1S/C32H36N4O4/c1-8-27(37)34-26-17-23(10-9-20(26)4)29-28-21(5)25(32(38)40-19(2)3)18-33-31(28)35-30(29)22-11-13-24(14-12-22)39-16-15-36(6)7/h8-14,17-19H,1,15-16H2,2-7H3,(H,33,35)(H,34,37). The maximum atomic E-state index is 12.9.